The Bertz CT molecular complexity index is 996. The SMILES string of the molecule is CC.CC(=O)O.NCc1ccccc1.[C-]#[N+]c1nc(-c2ccccc2)cnc1N=CN(C)C. The van der Waals surface area contributed by atoms with Crippen molar-refractivity contribution in [3.63, 3.8) is 0 Å². The number of benzene rings is 2. The number of carboxylic acids is 1. The van der Waals surface area contributed by atoms with Crippen molar-refractivity contribution in [2.24, 2.45) is 10.7 Å². The number of rotatable bonds is 4. The van der Waals surface area contributed by atoms with Crippen LogP contribution in [0.1, 0.15) is 26.3 Å². The van der Waals surface area contributed by atoms with Gasteiger partial charge in [0.1, 0.15) is 0 Å². The fraction of sp³-hybridized carbons (Fsp3) is 0.240. The Morgan fingerprint density at radius 1 is 1.12 bits per heavy atom. The van der Waals surface area contributed by atoms with Gasteiger partial charge in [-0.05, 0) is 5.56 Å². The normalized spacial score (nSPS) is 9.12. The number of aromatic nitrogens is 2. The van der Waals surface area contributed by atoms with Crippen LogP contribution in [0.25, 0.3) is 16.1 Å². The third kappa shape index (κ3) is 13.0. The third-order valence-corrected chi connectivity index (χ3v) is 3.40. The van der Waals surface area contributed by atoms with E-state index in [9.17, 15) is 0 Å². The summed E-state index contributed by atoms with van der Waals surface area (Å²) in [6.45, 7) is 12.9. The van der Waals surface area contributed by atoms with E-state index in [1.54, 1.807) is 17.4 Å². The first-order chi connectivity index (χ1) is 15.9. The molecule has 0 amide bonds. The van der Waals surface area contributed by atoms with E-state index in [0.717, 1.165) is 12.5 Å². The van der Waals surface area contributed by atoms with Crippen LogP contribution >= 0.6 is 0 Å². The Morgan fingerprint density at radius 3 is 2.06 bits per heavy atom. The molecule has 0 aliphatic rings. The van der Waals surface area contributed by atoms with Gasteiger partial charge in [-0.15, -0.1) is 4.98 Å². The highest BCUT2D eigenvalue weighted by Gasteiger charge is 2.10. The highest BCUT2D eigenvalue weighted by Crippen LogP contribution is 2.26. The maximum Gasteiger partial charge on any atom is 0.315 e. The van der Waals surface area contributed by atoms with Gasteiger partial charge in [0.15, 0.2) is 11.5 Å². The number of nitrogens with two attached hydrogens (primary N) is 1. The molecule has 0 radical (unpaired) electrons. The fourth-order valence-corrected chi connectivity index (χ4v) is 2.07. The van der Waals surface area contributed by atoms with E-state index in [1.807, 2.05) is 88.6 Å². The van der Waals surface area contributed by atoms with Crippen molar-refractivity contribution in [2.75, 3.05) is 14.1 Å². The van der Waals surface area contributed by atoms with Crippen LogP contribution in [0.2, 0.25) is 0 Å². The van der Waals surface area contributed by atoms with Gasteiger partial charge >= 0.3 is 5.82 Å². The summed E-state index contributed by atoms with van der Waals surface area (Å²) in [7, 11) is 3.71. The zero-order chi connectivity index (χ0) is 25.1. The maximum atomic E-state index is 9.00. The van der Waals surface area contributed by atoms with Crippen LogP contribution in [-0.2, 0) is 11.3 Å². The second-order valence-corrected chi connectivity index (χ2v) is 6.30. The minimum absolute atomic E-state index is 0.208. The van der Waals surface area contributed by atoms with Gasteiger partial charge in [0, 0.05) is 33.1 Å². The highest BCUT2D eigenvalue weighted by molar-refractivity contribution is 5.69. The smallest absolute Gasteiger partial charge is 0.315 e. The summed E-state index contributed by atoms with van der Waals surface area (Å²) in [5.74, 6) is -0.289. The molecule has 174 valence electrons. The lowest BCUT2D eigenvalue weighted by atomic mass is 10.2. The van der Waals surface area contributed by atoms with Gasteiger partial charge in [0.05, 0.1) is 12.5 Å². The van der Waals surface area contributed by atoms with Crippen LogP contribution < -0.4 is 5.73 Å². The number of aliphatic carboxylic acids is 1. The molecule has 0 bridgehead atoms. The molecule has 8 nitrogen and oxygen atoms in total. The average Bonchev–Trinajstić information content (AvgIpc) is 2.85. The molecule has 0 unspecified atom stereocenters. The molecule has 0 aliphatic heterocycles. The molecule has 0 saturated heterocycles. The van der Waals surface area contributed by atoms with Crippen molar-refractivity contribution in [1.29, 1.82) is 0 Å². The van der Waals surface area contributed by atoms with Crippen LogP contribution in [0.15, 0.2) is 71.9 Å². The van der Waals surface area contributed by atoms with E-state index in [4.69, 9.17) is 22.2 Å². The zero-order valence-electron chi connectivity index (χ0n) is 19.8. The van der Waals surface area contributed by atoms with E-state index < -0.39 is 5.97 Å². The molecule has 0 spiro atoms. The first-order valence-corrected chi connectivity index (χ1v) is 10.3. The van der Waals surface area contributed by atoms with E-state index in [1.165, 1.54) is 5.56 Å². The molecule has 0 fully saturated rings. The molecule has 3 rings (SSSR count). The van der Waals surface area contributed by atoms with Crippen molar-refractivity contribution >= 4 is 23.9 Å². The summed E-state index contributed by atoms with van der Waals surface area (Å²) in [4.78, 5) is 26.8. The quantitative estimate of drug-likeness (QED) is 0.323. The molecule has 0 atom stereocenters. The van der Waals surface area contributed by atoms with Gasteiger partial charge in [-0.2, -0.15) is 0 Å². The van der Waals surface area contributed by atoms with E-state index >= 15 is 0 Å². The van der Waals surface area contributed by atoms with Gasteiger partial charge < -0.3 is 20.6 Å². The van der Waals surface area contributed by atoms with Crippen molar-refractivity contribution in [2.45, 2.75) is 27.3 Å². The first kappa shape index (κ1) is 28.9. The number of aliphatic imine (C=N–C) groups is 1. The molecule has 33 heavy (non-hydrogen) atoms. The highest BCUT2D eigenvalue weighted by atomic mass is 16.4. The Morgan fingerprint density at radius 2 is 1.64 bits per heavy atom. The van der Waals surface area contributed by atoms with E-state index in [0.29, 0.717) is 18.1 Å². The lowest BCUT2D eigenvalue weighted by molar-refractivity contribution is -0.134. The molecule has 1 aromatic heterocycles. The van der Waals surface area contributed by atoms with E-state index in [2.05, 4.69) is 19.8 Å². The van der Waals surface area contributed by atoms with Gasteiger partial charge in [0.2, 0.25) is 0 Å². The second-order valence-electron chi connectivity index (χ2n) is 6.30. The van der Waals surface area contributed by atoms with Crippen LogP contribution in [-0.4, -0.2) is 46.4 Å². The topological polar surface area (TPSA) is 109 Å². The minimum atomic E-state index is -0.833. The van der Waals surface area contributed by atoms with Gasteiger partial charge in [-0.25, -0.2) is 9.98 Å². The number of nitrogens with zero attached hydrogens (tertiary/aromatic N) is 5. The Labute approximate surface area is 196 Å². The van der Waals surface area contributed by atoms with Crippen LogP contribution in [0.3, 0.4) is 0 Å². The first-order valence-electron chi connectivity index (χ1n) is 10.3. The molecule has 0 aliphatic carbocycles. The average molecular weight is 449 g/mol. The van der Waals surface area contributed by atoms with E-state index in [-0.39, 0.29) is 5.82 Å². The standard InChI is InChI=1S/C14H13N5.C7H9N.C2H4O2.C2H6/c1-15-13-14(17-10-19(2)3)16-9-12(18-13)11-7-5-4-6-8-11;8-6-7-4-2-1-3-5-7;1-2(3)4;1-2/h4-10H,2-3H3;1-5H,6,8H2;1H3,(H,3,4);1-2H3. The second kappa shape index (κ2) is 17.6. The predicted molar refractivity (Wildman–Crippen MR) is 135 cm³/mol. The lowest BCUT2D eigenvalue weighted by Crippen LogP contribution is -2.07. The molecular formula is C25H32N6O2. The predicted octanol–water partition coefficient (Wildman–Crippen LogP) is 5.18. The van der Waals surface area contributed by atoms with Crippen LogP contribution in [0.4, 0.5) is 11.6 Å². The molecule has 2 aromatic carbocycles. The summed E-state index contributed by atoms with van der Waals surface area (Å²) in [5.41, 5.74) is 8.15. The Kier molecular flexibility index (Phi) is 15.4. The number of hydrogen-bond donors (Lipinski definition) is 2. The van der Waals surface area contributed by atoms with Gasteiger partial charge in [-0.3, -0.25) is 4.79 Å². The fourth-order valence-electron chi connectivity index (χ4n) is 2.07. The third-order valence-electron chi connectivity index (χ3n) is 3.40. The van der Waals surface area contributed by atoms with Gasteiger partial charge in [0.25, 0.3) is 5.97 Å². The van der Waals surface area contributed by atoms with Crippen molar-refractivity contribution in [3.8, 4) is 11.3 Å². The molecular weight excluding hydrogens is 416 g/mol. The monoisotopic (exact) mass is 448 g/mol. The van der Waals surface area contributed by atoms with Crippen LogP contribution in [0.5, 0.6) is 0 Å². The molecule has 3 aromatic rings. The Hall–Kier alpha value is -4.09. The largest absolute Gasteiger partial charge is 0.481 e. The number of carboxylic acid groups (broad SMARTS) is 1. The van der Waals surface area contributed by atoms with Crippen LogP contribution in [0, 0.1) is 6.57 Å². The molecule has 1 heterocycles. The summed E-state index contributed by atoms with van der Waals surface area (Å²) < 4.78 is 0. The summed E-state index contributed by atoms with van der Waals surface area (Å²) in [6.07, 6.45) is 3.23. The maximum absolute atomic E-state index is 9.00. The van der Waals surface area contributed by atoms with Crippen molar-refractivity contribution in [1.82, 2.24) is 14.9 Å². The summed E-state index contributed by atoms with van der Waals surface area (Å²) in [6, 6.07) is 19.6. The molecule has 8 heteroatoms. The van der Waals surface area contributed by atoms with Crippen molar-refractivity contribution in [3.05, 3.63) is 83.8 Å². The van der Waals surface area contributed by atoms with Gasteiger partial charge in [-0.1, -0.05) is 81.1 Å². The number of hydrogen-bond acceptors (Lipinski definition) is 5. The zero-order valence-corrected chi connectivity index (χ0v) is 19.8. The minimum Gasteiger partial charge on any atom is -0.481 e. The Balaban J connectivity index is 0.000000603. The molecule has 0 saturated carbocycles. The summed E-state index contributed by atoms with van der Waals surface area (Å²) >= 11 is 0. The number of carbonyl (C=O) groups is 1. The molecule has 3 N–H and O–H groups in total. The lowest BCUT2D eigenvalue weighted by Gasteiger charge is -2.03. The van der Waals surface area contributed by atoms with Crippen molar-refractivity contribution < 1.29 is 9.90 Å². The summed E-state index contributed by atoms with van der Waals surface area (Å²) in [5, 5.41) is 7.42.